The fourth-order valence-electron chi connectivity index (χ4n) is 1.97. The molecule has 0 atom stereocenters. The molecule has 1 heterocycles. The summed E-state index contributed by atoms with van der Waals surface area (Å²) >= 11 is 5.01. The van der Waals surface area contributed by atoms with Crippen LogP contribution in [0.5, 0.6) is 0 Å². The number of nitrogens with zero attached hydrogens (tertiary/aromatic N) is 2. The fourth-order valence-corrected chi connectivity index (χ4v) is 3.29. The number of carbonyl (C=O) groups excluding carboxylic acids is 1. The van der Waals surface area contributed by atoms with Crippen LogP contribution in [0.15, 0.2) is 46.2 Å². The topological polar surface area (TPSA) is 34.9 Å². The van der Waals surface area contributed by atoms with E-state index in [1.807, 2.05) is 23.0 Å². The van der Waals surface area contributed by atoms with Crippen molar-refractivity contribution >= 4 is 33.5 Å². The van der Waals surface area contributed by atoms with Gasteiger partial charge in [-0.05, 0) is 58.8 Å². The normalized spacial score (nSPS) is 10.7. The second kappa shape index (κ2) is 6.62. The van der Waals surface area contributed by atoms with Gasteiger partial charge in [0.05, 0.1) is 0 Å². The zero-order valence-electron chi connectivity index (χ0n) is 12.3. The SMILES string of the molecule is C=C(C)C(=O)c1nc(SC)n(-c2ccc(CC)cc2)c1Br. The molecule has 0 saturated heterocycles. The molecule has 110 valence electrons. The molecular weight excluding hydrogens is 348 g/mol. The Morgan fingerprint density at radius 2 is 2.00 bits per heavy atom. The second-order valence-electron chi connectivity index (χ2n) is 4.70. The Kier molecular flexibility index (Phi) is 5.06. The molecule has 0 saturated carbocycles. The lowest BCUT2D eigenvalue weighted by Crippen LogP contribution is -2.02. The molecule has 3 nitrogen and oxygen atoms in total. The number of thioether (sulfide) groups is 1. The minimum Gasteiger partial charge on any atom is -0.287 e. The van der Waals surface area contributed by atoms with Crippen molar-refractivity contribution in [1.29, 1.82) is 0 Å². The van der Waals surface area contributed by atoms with Gasteiger partial charge in [-0.2, -0.15) is 0 Å². The van der Waals surface area contributed by atoms with Crippen molar-refractivity contribution in [3.05, 3.63) is 52.3 Å². The highest BCUT2D eigenvalue weighted by atomic mass is 79.9. The molecule has 0 aliphatic heterocycles. The molecule has 21 heavy (non-hydrogen) atoms. The summed E-state index contributed by atoms with van der Waals surface area (Å²) in [6, 6.07) is 8.26. The van der Waals surface area contributed by atoms with E-state index in [4.69, 9.17) is 0 Å². The first-order chi connectivity index (χ1) is 9.99. The third-order valence-electron chi connectivity index (χ3n) is 3.18. The van der Waals surface area contributed by atoms with Crippen LogP contribution < -0.4 is 0 Å². The van der Waals surface area contributed by atoms with E-state index in [-0.39, 0.29) is 5.78 Å². The molecule has 0 radical (unpaired) electrons. The van der Waals surface area contributed by atoms with Crippen LogP contribution in [0, 0.1) is 0 Å². The molecule has 0 N–H and O–H groups in total. The molecule has 0 amide bonds. The van der Waals surface area contributed by atoms with Gasteiger partial charge in [-0.1, -0.05) is 37.4 Å². The lowest BCUT2D eigenvalue weighted by atomic mass is 10.1. The number of aryl methyl sites for hydroxylation is 1. The number of ketones is 1. The van der Waals surface area contributed by atoms with Gasteiger partial charge in [0.15, 0.2) is 5.16 Å². The number of carbonyl (C=O) groups is 1. The van der Waals surface area contributed by atoms with Crippen molar-refractivity contribution < 1.29 is 4.79 Å². The molecule has 2 aromatic rings. The maximum atomic E-state index is 12.2. The summed E-state index contributed by atoms with van der Waals surface area (Å²) in [6.07, 6.45) is 2.95. The van der Waals surface area contributed by atoms with E-state index >= 15 is 0 Å². The predicted octanol–water partition coefficient (Wildman–Crippen LogP) is 4.68. The summed E-state index contributed by atoms with van der Waals surface area (Å²) in [4.78, 5) is 16.6. The van der Waals surface area contributed by atoms with Crippen molar-refractivity contribution in [1.82, 2.24) is 9.55 Å². The minimum absolute atomic E-state index is 0.138. The third kappa shape index (κ3) is 3.14. The lowest BCUT2D eigenvalue weighted by molar-refractivity contribution is 0.102. The van der Waals surface area contributed by atoms with Crippen LogP contribution in [0.25, 0.3) is 5.69 Å². The molecule has 0 bridgehead atoms. The molecule has 1 aromatic heterocycles. The fraction of sp³-hybridized carbons (Fsp3) is 0.250. The summed E-state index contributed by atoms with van der Waals surface area (Å²) in [7, 11) is 0. The average molecular weight is 365 g/mol. The van der Waals surface area contributed by atoms with E-state index < -0.39 is 0 Å². The van der Waals surface area contributed by atoms with Crippen LogP contribution in [0.3, 0.4) is 0 Å². The molecule has 0 fully saturated rings. The highest BCUT2D eigenvalue weighted by Crippen LogP contribution is 2.30. The van der Waals surface area contributed by atoms with Crippen molar-refractivity contribution in [3.8, 4) is 5.69 Å². The third-order valence-corrected chi connectivity index (χ3v) is 4.55. The van der Waals surface area contributed by atoms with Crippen molar-refractivity contribution in [2.75, 3.05) is 6.26 Å². The lowest BCUT2D eigenvalue weighted by Gasteiger charge is -2.08. The number of Topliss-reactive ketones (excluding diaryl/α,β-unsaturated/α-hetero) is 1. The molecular formula is C16H17BrN2OS. The number of allylic oxidation sites excluding steroid dienone is 1. The van der Waals surface area contributed by atoms with Gasteiger partial charge in [0.25, 0.3) is 0 Å². The number of hydrogen-bond acceptors (Lipinski definition) is 3. The number of aromatic nitrogens is 2. The van der Waals surface area contributed by atoms with Gasteiger partial charge in [0.1, 0.15) is 10.3 Å². The first-order valence-electron chi connectivity index (χ1n) is 6.61. The summed E-state index contributed by atoms with van der Waals surface area (Å²) in [5.41, 5.74) is 3.15. The van der Waals surface area contributed by atoms with Gasteiger partial charge in [-0.3, -0.25) is 9.36 Å². The molecule has 0 aliphatic carbocycles. The van der Waals surface area contributed by atoms with Crippen LogP contribution >= 0.6 is 27.7 Å². The van der Waals surface area contributed by atoms with Crippen LogP contribution in [0.2, 0.25) is 0 Å². The number of hydrogen-bond donors (Lipinski definition) is 0. The first-order valence-corrected chi connectivity index (χ1v) is 8.63. The van der Waals surface area contributed by atoms with Crippen LogP contribution in [-0.2, 0) is 6.42 Å². The Balaban J connectivity index is 2.56. The summed E-state index contributed by atoms with van der Waals surface area (Å²) in [5.74, 6) is -0.138. The molecule has 0 aliphatic rings. The van der Waals surface area contributed by atoms with Crippen molar-refractivity contribution in [3.63, 3.8) is 0 Å². The van der Waals surface area contributed by atoms with E-state index in [0.29, 0.717) is 15.9 Å². The van der Waals surface area contributed by atoms with Crippen molar-refractivity contribution in [2.45, 2.75) is 25.4 Å². The second-order valence-corrected chi connectivity index (χ2v) is 6.23. The smallest absolute Gasteiger partial charge is 0.209 e. The molecule has 2 rings (SSSR count). The van der Waals surface area contributed by atoms with E-state index in [1.54, 1.807) is 6.92 Å². The van der Waals surface area contributed by atoms with Crippen LogP contribution in [0.4, 0.5) is 0 Å². The zero-order valence-corrected chi connectivity index (χ0v) is 14.7. The monoisotopic (exact) mass is 364 g/mol. The highest BCUT2D eigenvalue weighted by Gasteiger charge is 2.21. The summed E-state index contributed by atoms with van der Waals surface area (Å²) in [5, 5.41) is 0.774. The number of benzene rings is 1. The molecule has 5 heteroatoms. The standard InChI is InChI=1S/C16H17BrN2OS/c1-5-11-6-8-12(9-7-11)19-15(17)13(14(20)10(2)3)18-16(19)21-4/h6-9H,2,5H2,1,3-4H3. The van der Waals surface area contributed by atoms with E-state index in [2.05, 4.69) is 46.5 Å². The largest absolute Gasteiger partial charge is 0.287 e. The Labute approximate surface area is 137 Å². The van der Waals surface area contributed by atoms with E-state index in [1.165, 1.54) is 17.3 Å². The van der Waals surface area contributed by atoms with Crippen LogP contribution in [0.1, 0.15) is 29.9 Å². The molecule has 0 spiro atoms. The maximum Gasteiger partial charge on any atom is 0.209 e. The summed E-state index contributed by atoms with van der Waals surface area (Å²) in [6.45, 7) is 7.53. The molecule has 0 unspecified atom stereocenters. The number of halogens is 1. The zero-order chi connectivity index (χ0) is 15.6. The van der Waals surface area contributed by atoms with E-state index in [9.17, 15) is 4.79 Å². The maximum absolute atomic E-state index is 12.2. The Bertz CT molecular complexity index is 689. The number of rotatable bonds is 5. The van der Waals surface area contributed by atoms with Gasteiger partial charge in [0, 0.05) is 5.69 Å². The van der Waals surface area contributed by atoms with Gasteiger partial charge < -0.3 is 0 Å². The average Bonchev–Trinajstić information content (AvgIpc) is 2.83. The Morgan fingerprint density at radius 3 is 2.48 bits per heavy atom. The van der Waals surface area contributed by atoms with Crippen molar-refractivity contribution in [2.24, 2.45) is 0 Å². The highest BCUT2D eigenvalue weighted by molar-refractivity contribution is 9.10. The van der Waals surface area contributed by atoms with Gasteiger partial charge in [-0.25, -0.2) is 4.98 Å². The van der Waals surface area contributed by atoms with Gasteiger partial charge in [-0.15, -0.1) is 0 Å². The van der Waals surface area contributed by atoms with E-state index in [0.717, 1.165) is 17.3 Å². The summed E-state index contributed by atoms with van der Waals surface area (Å²) < 4.78 is 2.62. The molecule has 1 aromatic carbocycles. The predicted molar refractivity (Wildman–Crippen MR) is 91.6 cm³/mol. The van der Waals surface area contributed by atoms with Crippen LogP contribution in [-0.4, -0.2) is 21.6 Å². The Hall–Kier alpha value is -1.33. The quantitative estimate of drug-likeness (QED) is 0.439. The first kappa shape index (κ1) is 16.0. The Morgan fingerprint density at radius 1 is 1.38 bits per heavy atom. The van der Waals surface area contributed by atoms with Gasteiger partial charge >= 0.3 is 0 Å². The number of imidazole rings is 1. The van der Waals surface area contributed by atoms with Gasteiger partial charge in [0.2, 0.25) is 5.78 Å². The minimum atomic E-state index is -0.138.